The lowest BCUT2D eigenvalue weighted by Gasteiger charge is -2.25. The molecule has 0 amide bonds. The van der Waals surface area contributed by atoms with Gasteiger partial charge < -0.3 is 5.32 Å². The van der Waals surface area contributed by atoms with Crippen LogP contribution in [-0.4, -0.2) is 12.6 Å². The molecule has 0 heterocycles. The molecule has 0 bridgehead atoms. The summed E-state index contributed by atoms with van der Waals surface area (Å²) >= 11 is 3.51. The fourth-order valence-corrected chi connectivity index (χ4v) is 3.66. The minimum atomic E-state index is 0.655. The van der Waals surface area contributed by atoms with E-state index in [2.05, 4.69) is 59.4 Å². The van der Waals surface area contributed by atoms with Gasteiger partial charge in [-0.3, -0.25) is 0 Å². The topological polar surface area (TPSA) is 12.0 Å². The average molecular weight is 324 g/mol. The van der Waals surface area contributed by atoms with Crippen LogP contribution in [-0.2, 0) is 6.42 Å². The highest BCUT2D eigenvalue weighted by atomic mass is 79.9. The molecule has 1 aromatic rings. The molecule has 0 saturated heterocycles. The van der Waals surface area contributed by atoms with Gasteiger partial charge in [-0.05, 0) is 55.3 Å². The zero-order valence-electron chi connectivity index (χ0n) is 12.2. The van der Waals surface area contributed by atoms with Crippen molar-refractivity contribution in [2.75, 3.05) is 6.54 Å². The molecule has 1 saturated carbocycles. The Kier molecular flexibility index (Phi) is 5.90. The first-order chi connectivity index (χ1) is 9.22. The standard InChI is InChI=1S/C17H26BrN/c1-3-13-5-8-15(11-13)17(19-4-2)12-14-6-9-16(18)10-7-14/h6-7,9-10,13,15,17,19H,3-5,8,11-12H2,1-2H3. The van der Waals surface area contributed by atoms with E-state index in [1.165, 1.54) is 42.1 Å². The number of halogens is 1. The lowest BCUT2D eigenvalue weighted by molar-refractivity contribution is 0.349. The SMILES string of the molecule is CCNC(Cc1ccc(Br)cc1)C1CCC(CC)C1. The van der Waals surface area contributed by atoms with Gasteiger partial charge in [-0.15, -0.1) is 0 Å². The number of likely N-dealkylation sites (N-methyl/N-ethyl adjacent to an activating group) is 1. The van der Waals surface area contributed by atoms with Gasteiger partial charge in [0.05, 0.1) is 0 Å². The first kappa shape index (κ1) is 15.1. The number of rotatable bonds is 6. The van der Waals surface area contributed by atoms with Crippen molar-refractivity contribution in [3.8, 4) is 0 Å². The quantitative estimate of drug-likeness (QED) is 0.793. The molecule has 3 atom stereocenters. The molecule has 1 aromatic carbocycles. The largest absolute Gasteiger partial charge is 0.314 e. The van der Waals surface area contributed by atoms with E-state index in [-0.39, 0.29) is 0 Å². The van der Waals surface area contributed by atoms with Gasteiger partial charge in [0.15, 0.2) is 0 Å². The van der Waals surface area contributed by atoms with E-state index < -0.39 is 0 Å². The van der Waals surface area contributed by atoms with Crippen LogP contribution in [0.25, 0.3) is 0 Å². The van der Waals surface area contributed by atoms with Gasteiger partial charge in [-0.2, -0.15) is 0 Å². The maximum Gasteiger partial charge on any atom is 0.0175 e. The fourth-order valence-electron chi connectivity index (χ4n) is 3.39. The van der Waals surface area contributed by atoms with Crippen LogP contribution in [0, 0.1) is 11.8 Å². The van der Waals surface area contributed by atoms with Gasteiger partial charge in [0.25, 0.3) is 0 Å². The number of benzene rings is 1. The smallest absolute Gasteiger partial charge is 0.0175 e. The predicted octanol–water partition coefficient (Wildman–Crippen LogP) is 4.80. The van der Waals surface area contributed by atoms with Gasteiger partial charge in [-0.1, -0.05) is 54.8 Å². The highest BCUT2D eigenvalue weighted by molar-refractivity contribution is 9.10. The summed E-state index contributed by atoms with van der Waals surface area (Å²) in [5.41, 5.74) is 1.45. The third-order valence-electron chi connectivity index (χ3n) is 4.56. The van der Waals surface area contributed by atoms with Gasteiger partial charge >= 0.3 is 0 Å². The van der Waals surface area contributed by atoms with Crippen LogP contribution in [0.3, 0.4) is 0 Å². The minimum absolute atomic E-state index is 0.655. The molecule has 1 N–H and O–H groups in total. The molecule has 0 aliphatic heterocycles. The van der Waals surface area contributed by atoms with E-state index in [0.717, 1.165) is 18.4 Å². The molecule has 3 unspecified atom stereocenters. The van der Waals surface area contributed by atoms with Gasteiger partial charge in [-0.25, -0.2) is 0 Å². The molecule has 1 aliphatic rings. The van der Waals surface area contributed by atoms with E-state index in [1.54, 1.807) is 0 Å². The van der Waals surface area contributed by atoms with Crippen LogP contribution < -0.4 is 5.32 Å². The monoisotopic (exact) mass is 323 g/mol. The number of hydrogen-bond acceptors (Lipinski definition) is 1. The second-order valence-corrected chi connectivity index (χ2v) is 6.76. The highest BCUT2D eigenvalue weighted by Crippen LogP contribution is 2.35. The van der Waals surface area contributed by atoms with Crippen molar-refractivity contribution >= 4 is 15.9 Å². The summed E-state index contributed by atoms with van der Waals surface area (Å²) in [6, 6.07) is 9.47. The zero-order valence-corrected chi connectivity index (χ0v) is 13.7. The lowest BCUT2D eigenvalue weighted by atomic mass is 9.91. The molecular formula is C17H26BrN. The second kappa shape index (κ2) is 7.44. The predicted molar refractivity (Wildman–Crippen MR) is 86.4 cm³/mol. The maximum atomic E-state index is 3.72. The molecule has 1 fully saturated rings. The first-order valence-corrected chi connectivity index (χ1v) is 8.50. The maximum absolute atomic E-state index is 3.72. The Bertz CT molecular complexity index is 373. The van der Waals surface area contributed by atoms with Crippen molar-refractivity contribution in [3.63, 3.8) is 0 Å². The Hall–Kier alpha value is -0.340. The van der Waals surface area contributed by atoms with Crippen molar-refractivity contribution in [2.24, 2.45) is 11.8 Å². The number of nitrogens with one attached hydrogen (secondary N) is 1. The van der Waals surface area contributed by atoms with Crippen molar-refractivity contribution in [3.05, 3.63) is 34.3 Å². The zero-order chi connectivity index (χ0) is 13.7. The molecule has 2 heteroatoms. The van der Waals surface area contributed by atoms with Crippen LogP contribution in [0.1, 0.15) is 45.1 Å². The lowest BCUT2D eigenvalue weighted by Crippen LogP contribution is -2.37. The summed E-state index contributed by atoms with van der Waals surface area (Å²) in [6.07, 6.45) is 6.79. The van der Waals surface area contributed by atoms with E-state index in [0.29, 0.717) is 6.04 Å². The Morgan fingerprint density at radius 3 is 2.53 bits per heavy atom. The van der Waals surface area contributed by atoms with Crippen molar-refractivity contribution < 1.29 is 0 Å². The summed E-state index contributed by atoms with van der Waals surface area (Å²) in [4.78, 5) is 0. The van der Waals surface area contributed by atoms with E-state index in [9.17, 15) is 0 Å². The Labute approximate surface area is 126 Å². The second-order valence-electron chi connectivity index (χ2n) is 5.84. The normalized spacial score (nSPS) is 24.6. The molecule has 0 aromatic heterocycles. The molecule has 106 valence electrons. The Morgan fingerprint density at radius 2 is 1.95 bits per heavy atom. The molecule has 0 spiro atoms. The third kappa shape index (κ3) is 4.32. The Balaban J connectivity index is 1.98. The van der Waals surface area contributed by atoms with Crippen LogP contribution in [0.2, 0.25) is 0 Å². The van der Waals surface area contributed by atoms with E-state index >= 15 is 0 Å². The average Bonchev–Trinajstić information content (AvgIpc) is 2.89. The van der Waals surface area contributed by atoms with Crippen molar-refractivity contribution in [2.45, 2.75) is 52.0 Å². The van der Waals surface area contributed by atoms with Crippen molar-refractivity contribution in [1.29, 1.82) is 0 Å². The molecule has 19 heavy (non-hydrogen) atoms. The number of hydrogen-bond donors (Lipinski definition) is 1. The van der Waals surface area contributed by atoms with E-state index in [4.69, 9.17) is 0 Å². The van der Waals surface area contributed by atoms with Crippen molar-refractivity contribution in [1.82, 2.24) is 5.32 Å². The Morgan fingerprint density at radius 1 is 1.21 bits per heavy atom. The third-order valence-corrected chi connectivity index (χ3v) is 5.09. The first-order valence-electron chi connectivity index (χ1n) is 7.70. The van der Waals surface area contributed by atoms with Crippen LogP contribution in [0.15, 0.2) is 28.7 Å². The molecule has 0 radical (unpaired) electrons. The highest BCUT2D eigenvalue weighted by Gasteiger charge is 2.29. The van der Waals surface area contributed by atoms with Crippen LogP contribution in [0.4, 0.5) is 0 Å². The molecule has 2 rings (SSSR count). The molecule has 1 aliphatic carbocycles. The molecule has 1 nitrogen and oxygen atoms in total. The van der Waals surface area contributed by atoms with Crippen LogP contribution >= 0.6 is 15.9 Å². The van der Waals surface area contributed by atoms with E-state index in [1.807, 2.05) is 0 Å². The summed E-state index contributed by atoms with van der Waals surface area (Å²) < 4.78 is 1.17. The fraction of sp³-hybridized carbons (Fsp3) is 0.647. The summed E-state index contributed by atoms with van der Waals surface area (Å²) in [7, 11) is 0. The minimum Gasteiger partial charge on any atom is -0.314 e. The summed E-state index contributed by atoms with van der Waals surface area (Å²) in [5.74, 6) is 1.84. The summed E-state index contributed by atoms with van der Waals surface area (Å²) in [5, 5.41) is 3.72. The van der Waals surface area contributed by atoms with Gasteiger partial charge in [0.2, 0.25) is 0 Å². The van der Waals surface area contributed by atoms with Gasteiger partial charge in [0, 0.05) is 10.5 Å². The summed E-state index contributed by atoms with van der Waals surface area (Å²) in [6.45, 7) is 5.64. The molecular weight excluding hydrogens is 298 g/mol. The van der Waals surface area contributed by atoms with Crippen LogP contribution in [0.5, 0.6) is 0 Å². The van der Waals surface area contributed by atoms with Gasteiger partial charge in [0.1, 0.15) is 0 Å².